The largest absolute Gasteiger partial charge is 0.462 e. The van der Waals surface area contributed by atoms with Crippen molar-refractivity contribution in [2.75, 3.05) is 5.33 Å². The van der Waals surface area contributed by atoms with Gasteiger partial charge in [-0.15, -0.1) is 0 Å². The molecule has 3 saturated carbocycles. The Balaban J connectivity index is 1.39. The van der Waals surface area contributed by atoms with Crippen molar-refractivity contribution in [3.05, 3.63) is 23.8 Å². The van der Waals surface area contributed by atoms with E-state index < -0.39 is 0 Å². The molecule has 0 bridgehead atoms. The van der Waals surface area contributed by atoms with E-state index in [0.29, 0.717) is 29.1 Å². The maximum atomic E-state index is 12.5. The smallest absolute Gasteiger partial charge is 0.306 e. The maximum Gasteiger partial charge on any atom is 0.306 e. The zero-order valence-electron chi connectivity index (χ0n) is 25.4. The van der Waals surface area contributed by atoms with E-state index in [2.05, 4.69) is 75.7 Å². The van der Waals surface area contributed by atoms with Crippen molar-refractivity contribution in [2.45, 2.75) is 131 Å². The fourth-order valence-corrected chi connectivity index (χ4v) is 10.1. The third kappa shape index (κ3) is 6.18. The molecule has 0 saturated heterocycles. The minimum atomic E-state index is 0.0229. The second-order valence-corrected chi connectivity index (χ2v) is 15.2. The summed E-state index contributed by atoms with van der Waals surface area (Å²) >= 11 is 3.48. The topological polar surface area (TPSA) is 26.3 Å². The minimum absolute atomic E-state index is 0.0229. The van der Waals surface area contributed by atoms with Crippen molar-refractivity contribution < 1.29 is 9.53 Å². The first-order chi connectivity index (χ1) is 18.1. The van der Waals surface area contributed by atoms with Crippen molar-refractivity contribution in [3.63, 3.8) is 0 Å². The molecule has 4 aliphatic rings. The number of hydrogen-bond acceptors (Lipinski definition) is 2. The first-order valence-electron chi connectivity index (χ1n) is 16.3. The normalized spacial score (nSPS) is 38.3. The highest BCUT2D eigenvalue weighted by atomic mass is 79.9. The molecule has 2 nitrogen and oxygen atoms in total. The summed E-state index contributed by atoms with van der Waals surface area (Å²) in [7, 11) is 0. The number of ether oxygens (including phenoxy) is 1. The summed E-state index contributed by atoms with van der Waals surface area (Å²) in [4.78, 5) is 12.5. The maximum absolute atomic E-state index is 12.5. The van der Waals surface area contributed by atoms with Gasteiger partial charge >= 0.3 is 5.97 Å². The molecule has 0 heterocycles. The Kier molecular flexibility index (Phi) is 10.4. The predicted octanol–water partition coefficient (Wildman–Crippen LogP) is 10.3. The SMILES string of the molecule is CC[C@H](C=C[C@@H](C)[C@H]1CCC2C3CC=C4C[C@@H](OC(=O)CCCCCBr)CC[C@]4(C)C3CC[C@@]21C)C(C)C. The van der Waals surface area contributed by atoms with Crippen molar-refractivity contribution in [3.8, 4) is 0 Å². The highest BCUT2D eigenvalue weighted by Crippen LogP contribution is 2.67. The van der Waals surface area contributed by atoms with E-state index in [4.69, 9.17) is 4.74 Å². The second-order valence-electron chi connectivity index (χ2n) is 14.4. The van der Waals surface area contributed by atoms with Gasteiger partial charge in [-0.1, -0.05) is 87.7 Å². The zero-order valence-corrected chi connectivity index (χ0v) is 27.0. The Morgan fingerprint density at radius 2 is 1.84 bits per heavy atom. The fourth-order valence-electron chi connectivity index (χ4n) is 9.70. The number of esters is 1. The van der Waals surface area contributed by atoms with E-state index in [-0.39, 0.29) is 12.1 Å². The highest BCUT2D eigenvalue weighted by Gasteiger charge is 2.59. The molecule has 9 atom stereocenters. The minimum Gasteiger partial charge on any atom is -0.462 e. The molecule has 3 unspecified atom stereocenters. The number of allylic oxidation sites excluding steroid dienone is 3. The van der Waals surface area contributed by atoms with Gasteiger partial charge in [-0.05, 0) is 116 Å². The lowest BCUT2D eigenvalue weighted by atomic mass is 9.47. The first-order valence-corrected chi connectivity index (χ1v) is 17.4. The summed E-state index contributed by atoms with van der Waals surface area (Å²) in [5.74, 6) is 5.52. The lowest BCUT2D eigenvalue weighted by Crippen LogP contribution is -2.51. The van der Waals surface area contributed by atoms with Gasteiger partial charge in [0.15, 0.2) is 0 Å². The van der Waals surface area contributed by atoms with Crippen LogP contribution in [0.3, 0.4) is 0 Å². The van der Waals surface area contributed by atoms with Gasteiger partial charge in [0.25, 0.3) is 0 Å². The van der Waals surface area contributed by atoms with E-state index in [9.17, 15) is 4.79 Å². The van der Waals surface area contributed by atoms with Gasteiger partial charge in [-0.3, -0.25) is 4.79 Å². The van der Waals surface area contributed by atoms with Crippen LogP contribution in [0.5, 0.6) is 0 Å². The van der Waals surface area contributed by atoms with Gasteiger partial charge in [0, 0.05) is 18.2 Å². The Labute approximate surface area is 243 Å². The van der Waals surface area contributed by atoms with E-state index >= 15 is 0 Å². The Morgan fingerprint density at radius 3 is 2.55 bits per heavy atom. The molecule has 0 aromatic carbocycles. The molecule has 216 valence electrons. The molecule has 3 heteroatoms. The molecule has 3 fully saturated rings. The summed E-state index contributed by atoms with van der Waals surface area (Å²) in [6.45, 7) is 14.8. The number of unbranched alkanes of at least 4 members (excludes halogenated alkanes) is 2. The Hall–Kier alpha value is -0.570. The first kappa shape index (κ1) is 30.4. The van der Waals surface area contributed by atoms with Crippen molar-refractivity contribution in [1.82, 2.24) is 0 Å². The molecule has 0 radical (unpaired) electrons. The average molecular weight is 590 g/mol. The lowest BCUT2D eigenvalue weighted by molar-refractivity contribution is -0.151. The van der Waals surface area contributed by atoms with Gasteiger partial charge in [0.2, 0.25) is 0 Å². The van der Waals surface area contributed by atoms with Gasteiger partial charge in [-0.25, -0.2) is 0 Å². The summed E-state index contributed by atoms with van der Waals surface area (Å²) in [6.07, 6.45) is 23.0. The third-order valence-electron chi connectivity index (χ3n) is 12.1. The molecule has 0 aromatic heterocycles. The number of hydrogen-bond donors (Lipinski definition) is 0. The molecule has 0 aromatic rings. The molecule has 0 spiro atoms. The number of fused-ring (bicyclic) bond motifs is 5. The number of carbonyl (C=O) groups is 1. The Bertz CT molecular complexity index is 860. The quantitative estimate of drug-likeness (QED) is 0.104. The lowest BCUT2D eigenvalue weighted by Gasteiger charge is -2.58. The van der Waals surface area contributed by atoms with Crippen LogP contribution in [0.15, 0.2) is 23.8 Å². The van der Waals surface area contributed by atoms with E-state index in [1.807, 2.05) is 0 Å². The van der Waals surface area contributed by atoms with Crippen molar-refractivity contribution in [2.24, 2.45) is 52.3 Å². The monoisotopic (exact) mass is 588 g/mol. The predicted molar refractivity (Wildman–Crippen MR) is 164 cm³/mol. The zero-order chi connectivity index (χ0) is 27.5. The summed E-state index contributed by atoms with van der Waals surface area (Å²) in [6, 6.07) is 0. The van der Waals surface area contributed by atoms with E-state index in [0.717, 1.165) is 67.0 Å². The van der Waals surface area contributed by atoms with Gasteiger partial charge in [-0.2, -0.15) is 0 Å². The summed E-state index contributed by atoms with van der Waals surface area (Å²) < 4.78 is 5.99. The molecule has 38 heavy (non-hydrogen) atoms. The number of alkyl halides is 1. The van der Waals surface area contributed by atoms with Crippen LogP contribution in [0.25, 0.3) is 0 Å². The molecular weight excluding hydrogens is 532 g/mol. The van der Waals surface area contributed by atoms with Crippen LogP contribution in [0, 0.1) is 52.3 Å². The van der Waals surface area contributed by atoms with Crippen molar-refractivity contribution in [1.29, 1.82) is 0 Å². The second kappa shape index (κ2) is 12.9. The number of carbonyl (C=O) groups excluding carboxylic acids is 1. The molecule has 4 aliphatic carbocycles. The average Bonchev–Trinajstić information content (AvgIpc) is 3.24. The summed E-state index contributed by atoms with van der Waals surface area (Å²) in [5, 5.41) is 1.02. The van der Waals surface area contributed by atoms with Crippen LogP contribution in [-0.2, 0) is 9.53 Å². The van der Waals surface area contributed by atoms with Gasteiger partial charge in [0.05, 0.1) is 0 Å². The van der Waals surface area contributed by atoms with Gasteiger partial charge < -0.3 is 4.74 Å². The van der Waals surface area contributed by atoms with Crippen LogP contribution >= 0.6 is 15.9 Å². The van der Waals surface area contributed by atoms with Crippen LogP contribution in [0.2, 0.25) is 0 Å². The Morgan fingerprint density at radius 1 is 1.05 bits per heavy atom. The third-order valence-corrected chi connectivity index (χ3v) is 12.6. The van der Waals surface area contributed by atoms with Crippen molar-refractivity contribution >= 4 is 21.9 Å². The fraction of sp³-hybridized carbons (Fsp3) is 0.857. The molecular formula is C35H57BrO2. The number of rotatable bonds is 11. The number of halogens is 1. The standard InChI is InChI=1S/C35H57BrO2/c1-7-26(24(2)3)13-12-25(4)30-16-17-31-29-15-14-27-23-28(38-33(37)11-9-8-10-22-36)18-20-34(27,5)32(29)19-21-35(30,31)6/h12-14,24-26,28-32H,7-11,15-23H2,1-6H3/t25-,26-,28+,29?,30-,31?,32?,34+,35-/m1/s1. The highest BCUT2D eigenvalue weighted by molar-refractivity contribution is 9.09. The molecule has 0 amide bonds. The van der Waals surface area contributed by atoms with Crippen LogP contribution in [0.4, 0.5) is 0 Å². The van der Waals surface area contributed by atoms with E-state index in [1.54, 1.807) is 5.57 Å². The van der Waals surface area contributed by atoms with E-state index in [1.165, 1.54) is 44.9 Å². The molecule has 0 N–H and O–H groups in total. The van der Waals surface area contributed by atoms with Crippen LogP contribution in [0.1, 0.15) is 125 Å². The summed E-state index contributed by atoms with van der Waals surface area (Å²) in [5.41, 5.74) is 2.43. The van der Waals surface area contributed by atoms with Crippen LogP contribution < -0.4 is 0 Å². The molecule has 0 aliphatic heterocycles. The van der Waals surface area contributed by atoms with Gasteiger partial charge in [0.1, 0.15) is 6.10 Å². The van der Waals surface area contributed by atoms with Crippen LogP contribution in [-0.4, -0.2) is 17.4 Å². The molecule has 4 rings (SSSR count).